The third kappa shape index (κ3) is 8.00. The Morgan fingerprint density at radius 1 is 1.30 bits per heavy atom. The van der Waals surface area contributed by atoms with Gasteiger partial charge < -0.3 is 18.9 Å². The lowest BCUT2D eigenvalue weighted by Gasteiger charge is -2.31. The zero-order valence-electron chi connectivity index (χ0n) is 23.4. The fraction of sp³-hybridized carbons (Fsp3) is 0.733. The first-order valence-electron chi connectivity index (χ1n) is 13.8. The normalized spacial score (nSPS) is 37.8. The minimum Gasteiger partial charge on any atom is -0.457 e. The average Bonchev–Trinajstić information content (AvgIpc) is 3.49. The molecule has 7 heteroatoms. The molecule has 0 N–H and O–H groups in total. The maximum atomic E-state index is 13.9. The second kappa shape index (κ2) is 12.7. The molecule has 0 saturated carbocycles. The summed E-state index contributed by atoms with van der Waals surface area (Å²) in [6.45, 7) is 13.2. The van der Waals surface area contributed by atoms with Gasteiger partial charge in [0, 0.05) is 18.8 Å². The molecule has 0 aromatic heterocycles. The maximum absolute atomic E-state index is 13.9. The van der Waals surface area contributed by atoms with Crippen LogP contribution in [-0.4, -0.2) is 54.2 Å². The molecule has 208 valence electrons. The van der Waals surface area contributed by atoms with Gasteiger partial charge in [-0.3, -0.25) is 9.59 Å². The van der Waals surface area contributed by atoms with Crippen LogP contribution in [0.4, 0.5) is 4.39 Å². The maximum Gasteiger partial charge on any atom is 0.309 e. The summed E-state index contributed by atoms with van der Waals surface area (Å²) < 4.78 is 37.4. The van der Waals surface area contributed by atoms with Crippen LogP contribution < -0.4 is 0 Å². The van der Waals surface area contributed by atoms with E-state index in [1.54, 1.807) is 0 Å². The van der Waals surface area contributed by atoms with Crippen LogP contribution in [-0.2, 0) is 28.5 Å². The Kier molecular flexibility index (Phi) is 10.2. The number of cyclic esters (lactones) is 1. The molecular formula is C30H45FO6. The van der Waals surface area contributed by atoms with Crippen molar-refractivity contribution in [3.05, 3.63) is 36.0 Å². The summed E-state index contributed by atoms with van der Waals surface area (Å²) in [5, 5.41) is 0. The van der Waals surface area contributed by atoms with Gasteiger partial charge in [0.1, 0.15) is 24.0 Å². The number of carbonyl (C=O) groups excluding carboxylic acids is 2. The van der Waals surface area contributed by atoms with Gasteiger partial charge in [-0.25, -0.2) is 4.39 Å². The van der Waals surface area contributed by atoms with Crippen molar-refractivity contribution in [2.24, 2.45) is 17.8 Å². The zero-order valence-corrected chi connectivity index (χ0v) is 23.4. The minimum absolute atomic E-state index is 0.0134. The van der Waals surface area contributed by atoms with E-state index in [1.165, 1.54) is 6.92 Å². The Morgan fingerprint density at radius 3 is 2.70 bits per heavy atom. The van der Waals surface area contributed by atoms with Crippen molar-refractivity contribution >= 4 is 11.9 Å². The molecule has 2 saturated heterocycles. The number of hydrogen-bond acceptors (Lipinski definition) is 6. The highest BCUT2D eigenvalue weighted by molar-refractivity contribution is 5.70. The summed E-state index contributed by atoms with van der Waals surface area (Å²) in [6.07, 6.45) is 10.9. The summed E-state index contributed by atoms with van der Waals surface area (Å²) in [4.78, 5) is 24.6. The highest BCUT2D eigenvalue weighted by Gasteiger charge is 2.46. The van der Waals surface area contributed by atoms with Crippen LogP contribution in [0.25, 0.3) is 0 Å². The van der Waals surface area contributed by atoms with Crippen LogP contribution >= 0.6 is 0 Å². The Balaban J connectivity index is 1.66. The fourth-order valence-electron chi connectivity index (χ4n) is 5.54. The van der Waals surface area contributed by atoms with E-state index in [4.69, 9.17) is 18.9 Å². The molecule has 3 aliphatic rings. The predicted molar refractivity (Wildman–Crippen MR) is 141 cm³/mol. The SMILES string of the molecule is CCC(F)C(C)C1OC1CC(C)/C=C/C=C(\C)C1OC(=O)CC2CCC(C)(O2)C(OC(C)=O)/C=C/C1C. The molecule has 2 bridgehead atoms. The number of allylic oxidation sites excluding steroid dienone is 3. The van der Waals surface area contributed by atoms with Gasteiger partial charge in [-0.1, -0.05) is 52.0 Å². The third-order valence-electron chi connectivity index (χ3n) is 7.97. The zero-order chi connectivity index (χ0) is 27.3. The van der Waals surface area contributed by atoms with Gasteiger partial charge in [-0.15, -0.1) is 0 Å². The number of esters is 2. The molecule has 0 radical (unpaired) electrons. The van der Waals surface area contributed by atoms with E-state index in [0.717, 1.165) is 12.0 Å². The van der Waals surface area contributed by atoms with Crippen LogP contribution in [0.15, 0.2) is 36.0 Å². The molecule has 3 heterocycles. The molecule has 0 aliphatic carbocycles. The molecule has 3 rings (SSSR count). The number of fused-ring (bicyclic) bond motifs is 2. The number of ether oxygens (including phenoxy) is 4. The fourth-order valence-corrected chi connectivity index (χ4v) is 5.54. The van der Waals surface area contributed by atoms with E-state index < -0.39 is 24.0 Å². The molecular weight excluding hydrogens is 475 g/mol. The van der Waals surface area contributed by atoms with Crippen molar-refractivity contribution in [1.29, 1.82) is 0 Å². The third-order valence-corrected chi connectivity index (χ3v) is 7.97. The van der Waals surface area contributed by atoms with Gasteiger partial charge in [-0.05, 0) is 57.1 Å². The Labute approximate surface area is 221 Å². The van der Waals surface area contributed by atoms with Crippen LogP contribution in [0.1, 0.15) is 80.6 Å². The topological polar surface area (TPSA) is 74.4 Å². The molecule has 0 aromatic rings. The summed E-state index contributed by atoms with van der Waals surface area (Å²) >= 11 is 0. The average molecular weight is 521 g/mol. The van der Waals surface area contributed by atoms with E-state index in [2.05, 4.69) is 13.0 Å². The Bertz CT molecular complexity index is 897. The molecule has 37 heavy (non-hydrogen) atoms. The Hall–Kier alpha value is -1.99. The number of alkyl halides is 1. The highest BCUT2D eigenvalue weighted by Crippen LogP contribution is 2.38. The minimum atomic E-state index is -0.819. The lowest BCUT2D eigenvalue weighted by atomic mass is 9.91. The standard InChI is InChI=1S/C30H45FO6/c1-8-24(31)21(5)29-25(35-29)16-18(2)10-9-11-19(3)28-20(4)12-13-26(34-22(6)32)30(7)15-14-23(37-30)17-27(33)36-28/h9-13,18,20-21,23-26,28-29H,8,14-17H2,1-7H3/b10-9+,13-12+,19-11+. The summed E-state index contributed by atoms with van der Waals surface area (Å²) in [7, 11) is 0. The van der Waals surface area contributed by atoms with Gasteiger partial charge in [0.2, 0.25) is 0 Å². The van der Waals surface area contributed by atoms with E-state index in [0.29, 0.717) is 19.3 Å². The van der Waals surface area contributed by atoms with E-state index in [9.17, 15) is 14.0 Å². The monoisotopic (exact) mass is 520 g/mol. The molecule has 0 aromatic carbocycles. The van der Waals surface area contributed by atoms with Crippen LogP contribution in [0.3, 0.4) is 0 Å². The summed E-state index contributed by atoms with van der Waals surface area (Å²) in [5.41, 5.74) is 0.257. The van der Waals surface area contributed by atoms with Gasteiger partial charge in [0.25, 0.3) is 0 Å². The van der Waals surface area contributed by atoms with Crippen LogP contribution in [0.5, 0.6) is 0 Å². The quantitative estimate of drug-likeness (QED) is 0.160. The van der Waals surface area contributed by atoms with Crippen molar-refractivity contribution in [2.75, 3.05) is 0 Å². The van der Waals surface area contributed by atoms with Crippen molar-refractivity contribution in [1.82, 2.24) is 0 Å². The van der Waals surface area contributed by atoms with Crippen molar-refractivity contribution in [3.8, 4) is 0 Å². The van der Waals surface area contributed by atoms with Crippen molar-refractivity contribution in [3.63, 3.8) is 0 Å². The van der Waals surface area contributed by atoms with E-state index in [1.807, 2.05) is 58.9 Å². The van der Waals surface area contributed by atoms with E-state index in [-0.39, 0.29) is 54.4 Å². The number of carbonyl (C=O) groups is 2. The van der Waals surface area contributed by atoms with Crippen molar-refractivity contribution in [2.45, 2.75) is 123 Å². The summed E-state index contributed by atoms with van der Waals surface area (Å²) in [6, 6.07) is 0. The van der Waals surface area contributed by atoms with Gasteiger partial charge >= 0.3 is 11.9 Å². The lowest BCUT2D eigenvalue weighted by molar-refractivity contribution is -0.164. The van der Waals surface area contributed by atoms with Gasteiger partial charge in [0.15, 0.2) is 0 Å². The first-order chi connectivity index (χ1) is 17.4. The number of epoxide rings is 1. The Morgan fingerprint density at radius 2 is 2.03 bits per heavy atom. The second-order valence-corrected chi connectivity index (χ2v) is 11.4. The van der Waals surface area contributed by atoms with E-state index >= 15 is 0 Å². The van der Waals surface area contributed by atoms with Crippen molar-refractivity contribution < 1.29 is 32.9 Å². The molecule has 3 aliphatic heterocycles. The number of hydrogen-bond donors (Lipinski definition) is 0. The predicted octanol–water partition coefficient (Wildman–Crippen LogP) is 6.04. The smallest absolute Gasteiger partial charge is 0.309 e. The van der Waals surface area contributed by atoms with Gasteiger partial charge in [-0.2, -0.15) is 0 Å². The molecule has 0 spiro atoms. The van der Waals surface area contributed by atoms with Crippen LogP contribution in [0, 0.1) is 17.8 Å². The highest BCUT2D eigenvalue weighted by atomic mass is 19.1. The largest absolute Gasteiger partial charge is 0.457 e. The number of halogens is 1. The first-order valence-corrected chi connectivity index (χ1v) is 13.8. The van der Waals surface area contributed by atoms with Gasteiger partial charge in [0.05, 0.1) is 24.7 Å². The lowest BCUT2D eigenvalue weighted by Crippen LogP contribution is -2.41. The first kappa shape index (κ1) is 29.6. The molecule has 10 unspecified atom stereocenters. The molecule has 0 amide bonds. The summed E-state index contributed by atoms with van der Waals surface area (Å²) in [5.74, 6) is -0.579. The molecule has 10 atom stereocenters. The molecule has 6 nitrogen and oxygen atoms in total. The second-order valence-electron chi connectivity index (χ2n) is 11.4. The van der Waals surface area contributed by atoms with Crippen LogP contribution in [0.2, 0.25) is 0 Å². The molecule has 2 fully saturated rings. The number of rotatable bonds is 9.